The molecule has 3 aromatic carbocycles. The van der Waals surface area contributed by atoms with Crippen LogP contribution in [0.25, 0.3) is 0 Å². The minimum absolute atomic E-state index is 0.198. The summed E-state index contributed by atoms with van der Waals surface area (Å²) in [6, 6.07) is 22.3. The van der Waals surface area contributed by atoms with E-state index in [0.717, 1.165) is 16.0 Å². The molecule has 7 heteroatoms. The Kier molecular flexibility index (Phi) is 7.99. The van der Waals surface area contributed by atoms with E-state index in [-0.39, 0.29) is 11.7 Å². The van der Waals surface area contributed by atoms with Crippen LogP contribution in [0.15, 0.2) is 82.8 Å². The van der Waals surface area contributed by atoms with E-state index in [1.807, 2.05) is 60.7 Å². The van der Waals surface area contributed by atoms with Gasteiger partial charge in [0.15, 0.2) is 0 Å². The summed E-state index contributed by atoms with van der Waals surface area (Å²) in [6.07, 6.45) is 1.56. The Hall–Kier alpha value is -2.47. The molecule has 0 heterocycles. The third-order valence-corrected chi connectivity index (χ3v) is 5.47. The molecule has 0 bridgehead atoms. The molecule has 0 aliphatic carbocycles. The average Bonchev–Trinajstić information content (AvgIpc) is 2.73. The molecule has 1 amide bonds. The van der Waals surface area contributed by atoms with Crippen molar-refractivity contribution in [3.8, 4) is 5.75 Å². The van der Waals surface area contributed by atoms with Crippen molar-refractivity contribution in [2.45, 2.75) is 11.5 Å². The maximum atomic E-state index is 12.0. The van der Waals surface area contributed by atoms with Gasteiger partial charge in [0.1, 0.15) is 12.4 Å². The van der Waals surface area contributed by atoms with Gasteiger partial charge < -0.3 is 4.74 Å². The molecule has 0 saturated carbocycles. The van der Waals surface area contributed by atoms with E-state index in [2.05, 4.69) is 10.5 Å². The summed E-state index contributed by atoms with van der Waals surface area (Å²) >= 11 is 13.4. The quantitative estimate of drug-likeness (QED) is 0.270. The third kappa shape index (κ3) is 6.82. The Morgan fingerprint density at radius 1 is 1.00 bits per heavy atom. The number of halogens is 2. The number of carbonyl (C=O) groups is 1. The number of rotatable bonds is 8. The monoisotopic (exact) mass is 444 g/mol. The molecular weight excluding hydrogens is 427 g/mol. The van der Waals surface area contributed by atoms with E-state index in [1.54, 1.807) is 18.3 Å². The number of benzene rings is 3. The van der Waals surface area contributed by atoms with Crippen LogP contribution in [0.5, 0.6) is 5.75 Å². The second-order valence-electron chi connectivity index (χ2n) is 5.95. The highest BCUT2D eigenvalue weighted by molar-refractivity contribution is 8.00. The number of ether oxygens (including phenoxy) is 1. The second kappa shape index (κ2) is 10.9. The molecule has 0 saturated heterocycles. The summed E-state index contributed by atoms with van der Waals surface area (Å²) in [5, 5.41) is 5.36. The first-order chi connectivity index (χ1) is 14.1. The lowest BCUT2D eigenvalue weighted by molar-refractivity contribution is -0.118. The minimum Gasteiger partial charge on any atom is -0.488 e. The minimum atomic E-state index is -0.198. The van der Waals surface area contributed by atoms with Gasteiger partial charge in [0.2, 0.25) is 5.91 Å². The van der Waals surface area contributed by atoms with Crippen LogP contribution in [0.4, 0.5) is 0 Å². The number of hydrogen-bond acceptors (Lipinski definition) is 4. The fraction of sp³-hybridized carbons (Fsp3) is 0.0909. The maximum Gasteiger partial charge on any atom is 0.250 e. The SMILES string of the molecule is O=C(CSc1ccc(Cl)cc1)N/N=C/c1ccccc1OCc1ccccc1Cl. The fourth-order valence-corrected chi connectivity index (χ4v) is 3.38. The van der Waals surface area contributed by atoms with Gasteiger partial charge in [-0.3, -0.25) is 4.79 Å². The van der Waals surface area contributed by atoms with E-state index in [4.69, 9.17) is 27.9 Å². The number of nitrogens with zero attached hydrogens (tertiary/aromatic N) is 1. The Balaban J connectivity index is 1.53. The molecule has 0 radical (unpaired) electrons. The van der Waals surface area contributed by atoms with Crippen LogP contribution in [0, 0.1) is 0 Å². The first-order valence-electron chi connectivity index (χ1n) is 8.77. The lowest BCUT2D eigenvalue weighted by atomic mass is 10.2. The molecule has 0 atom stereocenters. The number of hydrogen-bond donors (Lipinski definition) is 1. The van der Waals surface area contributed by atoms with Crippen LogP contribution in [-0.4, -0.2) is 17.9 Å². The highest BCUT2D eigenvalue weighted by atomic mass is 35.5. The van der Waals surface area contributed by atoms with E-state index in [9.17, 15) is 4.79 Å². The van der Waals surface area contributed by atoms with Gasteiger partial charge in [-0.15, -0.1) is 11.8 Å². The van der Waals surface area contributed by atoms with E-state index >= 15 is 0 Å². The van der Waals surface area contributed by atoms with Crippen LogP contribution < -0.4 is 10.2 Å². The zero-order chi connectivity index (χ0) is 20.5. The summed E-state index contributed by atoms with van der Waals surface area (Å²) in [7, 11) is 0. The highest BCUT2D eigenvalue weighted by Crippen LogP contribution is 2.21. The lowest BCUT2D eigenvalue weighted by Crippen LogP contribution is -2.19. The van der Waals surface area contributed by atoms with Crippen molar-refractivity contribution in [3.05, 3.63) is 94.0 Å². The molecule has 0 fully saturated rings. The molecule has 0 aliphatic rings. The lowest BCUT2D eigenvalue weighted by Gasteiger charge is -2.10. The summed E-state index contributed by atoms with van der Waals surface area (Å²) < 4.78 is 5.87. The van der Waals surface area contributed by atoms with Gasteiger partial charge >= 0.3 is 0 Å². The van der Waals surface area contributed by atoms with Crippen molar-refractivity contribution in [1.29, 1.82) is 0 Å². The van der Waals surface area contributed by atoms with Crippen LogP contribution in [0.3, 0.4) is 0 Å². The zero-order valence-corrected chi connectivity index (χ0v) is 17.7. The van der Waals surface area contributed by atoms with Gasteiger partial charge in [-0.1, -0.05) is 53.5 Å². The third-order valence-electron chi connectivity index (χ3n) is 3.84. The fourth-order valence-electron chi connectivity index (χ4n) is 2.38. The van der Waals surface area contributed by atoms with Gasteiger partial charge in [0.25, 0.3) is 0 Å². The number of nitrogens with one attached hydrogen (secondary N) is 1. The predicted octanol–water partition coefficient (Wildman–Crippen LogP) is 5.81. The number of amides is 1. The van der Waals surface area contributed by atoms with Gasteiger partial charge in [-0.25, -0.2) is 5.43 Å². The summed E-state index contributed by atoms with van der Waals surface area (Å²) in [6.45, 7) is 0.342. The number of thioether (sulfide) groups is 1. The first kappa shape index (κ1) is 21.2. The van der Waals surface area contributed by atoms with Gasteiger partial charge in [0.05, 0.1) is 12.0 Å². The summed E-state index contributed by atoms with van der Waals surface area (Å²) in [4.78, 5) is 13.0. The Bertz CT molecular complexity index is 994. The second-order valence-corrected chi connectivity index (χ2v) is 7.85. The number of carbonyl (C=O) groups excluding carboxylic acids is 1. The largest absolute Gasteiger partial charge is 0.488 e. The van der Waals surface area contributed by atoms with Crippen LogP contribution in [0.1, 0.15) is 11.1 Å². The van der Waals surface area contributed by atoms with Gasteiger partial charge in [0, 0.05) is 26.1 Å². The first-order valence-corrected chi connectivity index (χ1v) is 10.5. The van der Waals surface area contributed by atoms with Crippen LogP contribution >= 0.6 is 35.0 Å². The zero-order valence-electron chi connectivity index (χ0n) is 15.3. The smallest absolute Gasteiger partial charge is 0.250 e. The Labute approximate surface area is 183 Å². The Morgan fingerprint density at radius 2 is 1.72 bits per heavy atom. The van der Waals surface area contributed by atoms with Crippen molar-refractivity contribution in [2.24, 2.45) is 5.10 Å². The van der Waals surface area contributed by atoms with E-state index < -0.39 is 0 Å². The number of para-hydroxylation sites is 1. The van der Waals surface area contributed by atoms with Gasteiger partial charge in [-0.05, 0) is 42.5 Å². The average molecular weight is 445 g/mol. The normalized spacial score (nSPS) is 10.8. The molecule has 3 rings (SSSR count). The molecule has 0 aliphatic heterocycles. The number of hydrazone groups is 1. The van der Waals surface area contributed by atoms with Crippen molar-refractivity contribution < 1.29 is 9.53 Å². The molecule has 0 aromatic heterocycles. The molecule has 4 nitrogen and oxygen atoms in total. The predicted molar refractivity (Wildman–Crippen MR) is 120 cm³/mol. The molecule has 0 unspecified atom stereocenters. The molecular formula is C22H18Cl2N2O2S. The van der Waals surface area contributed by atoms with E-state index in [1.165, 1.54) is 11.8 Å². The standard InChI is InChI=1S/C22H18Cl2N2O2S/c23-18-9-11-19(12-10-18)29-15-22(27)26-25-13-16-5-2-4-8-21(16)28-14-17-6-1-3-7-20(17)24/h1-13H,14-15H2,(H,26,27)/b25-13+. The summed E-state index contributed by atoms with van der Waals surface area (Å²) in [5.74, 6) is 0.709. The van der Waals surface area contributed by atoms with Crippen molar-refractivity contribution in [3.63, 3.8) is 0 Å². The molecule has 148 valence electrons. The molecule has 1 N–H and O–H groups in total. The van der Waals surface area contributed by atoms with Crippen molar-refractivity contribution in [2.75, 3.05) is 5.75 Å². The van der Waals surface area contributed by atoms with Crippen LogP contribution in [-0.2, 0) is 11.4 Å². The molecule has 0 spiro atoms. The Morgan fingerprint density at radius 3 is 2.52 bits per heavy atom. The topological polar surface area (TPSA) is 50.7 Å². The molecule has 29 heavy (non-hydrogen) atoms. The van der Waals surface area contributed by atoms with Crippen molar-refractivity contribution >= 4 is 47.1 Å². The van der Waals surface area contributed by atoms with Crippen LogP contribution in [0.2, 0.25) is 10.0 Å². The van der Waals surface area contributed by atoms with Gasteiger partial charge in [-0.2, -0.15) is 5.10 Å². The maximum absolute atomic E-state index is 12.0. The summed E-state index contributed by atoms with van der Waals surface area (Å²) in [5.41, 5.74) is 4.18. The van der Waals surface area contributed by atoms with Crippen molar-refractivity contribution in [1.82, 2.24) is 5.43 Å². The highest BCUT2D eigenvalue weighted by Gasteiger charge is 2.05. The van der Waals surface area contributed by atoms with E-state index in [0.29, 0.717) is 22.4 Å². The molecule has 3 aromatic rings.